The van der Waals surface area contributed by atoms with Crippen LogP contribution >= 0.6 is 0 Å². The Hall–Kier alpha value is -1.85. The number of ether oxygens (including phenoxy) is 2. The Labute approximate surface area is 131 Å². The Morgan fingerprint density at radius 2 is 1.55 bits per heavy atom. The van der Waals surface area contributed by atoms with Crippen molar-refractivity contribution in [2.24, 2.45) is 0 Å². The quantitative estimate of drug-likeness (QED) is 0.767. The lowest BCUT2D eigenvalue weighted by Crippen LogP contribution is -2.09. The lowest BCUT2D eigenvalue weighted by molar-refractivity contribution is 0.144. The van der Waals surface area contributed by atoms with Crippen LogP contribution in [0.5, 0.6) is 5.75 Å². The van der Waals surface area contributed by atoms with Crippen LogP contribution in [-0.4, -0.2) is 28.7 Å². The van der Waals surface area contributed by atoms with Crippen molar-refractivity contribution in [1.29, 1.82) is 0 Å². The second-order valence-electron chi connectivity index (χ2n) is 5.11. The zero-order chi connectivity index (χ0) is 16.2. The highest BCUT2D eigenvalue weighted by molar-refractivity contribution is 7.91. The third-order valence-electron chi connectivity index (χ3n) is 3.27. The molecule has 2 rings (SSSR count). The SMILES string of the molecule is COCCOc1ccc(C)cc1S(=O)(=O)c1ccc(C)cc1. The van der Waals surface area contributed by atoms with Crippen LogP contribution in [0.2, 0.25) is 0 Å². The van der Waals surface area contributed by atoms with E-state index in [4.69, 9.17) is 9.47 Å². The average molecular weight is 320 g/mol. The first-order valence-corrected chi connectivity index (χ1v) is 8.47. The first kappa shape index (κ1) is 16.5. The minimum Gasteiger partial charge on any atom is -0.490 e. The first-order valence-electron chi connectivity index (χ1n) is 6.99. The van der Waals surface area contributed by atoms with Crippen molar-refractivity contribution in [1.82, 2.24) is 0 Å². The first-order chi connectivity index (χ1) is 10.4. The van der Waals surface area contributed by atoms with E-state index < -0.39 is 9.84 Å². The molecule has 5 heteroatoms. The molecule has 118 valence electrons. The van der Waals surface area contributed by atoms with Crippen molar-refractivity contribution in [2.75, 3.05) is 20.3 Å². The van der Waals surface area contributed by atoms with Crippen LogP contribution in [-0.2, 0) is 14.6 Å². The molecule has 0 atom stereocenters. The largest absolute Gasteiger partial charge is 0.490 e. The van der Waals surface area contributed by atoms with E-state index in [-0.39, 0.29) is 9.79 Å². The van der Waals surface area contributed by atoms with E-state index in [1.54, 1.807) is 43.5 Å². The Morgan fingerprint density at radius 1 is 0.909 bits per heavy atom. The summed E-state index contributed by atoms with van der Waals surface area (Å²) in [4.78, 5) is 0.452. The molecule has 0 spiro atoms. The molecule has 0 heterocycles. The van der Waals surface area contributed by atoms with Crippen LogP contribution in [0.4, 0.5) is 0 Å². The van der Waals surface area contributed by atoms with Gasteiger partial charge < -0.3 is 9.47 Å². The number of benzene rings is 2. The molecule has 4 nitrogen and oxygen atoms in total. The lowest BCUT2D eigenvalue weighted by atomic mass is 10.2. The van der Waals surface area contributed by atoms with Crippen LogP contribution in [0.1, 0.15) is 11.1 Å². The zero-order valence-electron chi connectivity index (χ0n) is 13.0. The predicted octanol–water partition coefficient (Wildman–Crippen LogP) is 3.16. The van der Waals surface area contributed by atoms with Gasteiger partial charge in [-0.2, -0.15) is 0 Å². The van der Waals surface area contributed by atoms with Gasteiger partial charge in [0.2, 0.25) is 9.84 Å². The highest BCUT2D eigenvalue weighted by atomic mass is 32.2. The monoisotopic (exact) mass is 320 g/mol. The fraction of sp³-hybridized carbons (Fsp3) is 0.294. The molecular weight excluding hydrogens is 300 g/mol. The molecular formula is C17H20O4S. The predicted molar refractivity (Wildman–Crippen MR) is 85.2 cm³/mol. The maximum absolute atomic E-state index is 12.8. The van der Waals surface area contributed by atoms with Gasteiger partial charge in [0.15, 0.2) is 0 Å². The van der Waals surface area contributed by atoms with Crippen LogP contribution in [0.25, 0.3) is 0 Å². The Kier molecular flexibility index (Phi) is 5.21. The molecule has 0 fully saturated rings. The van der Waals surface area contributed by atoms with E-state index in [1.807, 2.05) is 19.9 Å². The number of methoxy groups -OCH3 is 1. The van der Waals surface area contributed by atoms with E-state index >= 15 is 0 Å². The molecule has 0 amide bonds. The summed E-state index contributed by atoms with van der Waals surface area (Å²) in [5, 5.41) is 0. The topological polar surface area (TPSA) is 52.6 Å². The third-order valence-corrected chi connectivity index (χ3v) is 5.06. The number of hydrogen-bond donors (Lipinski definition) is 0. The molecule has 0 saturated heterocycles. The maximum atomic E-state index is 12.8. The van der Waals surface area contributed by atoms with Crippen LogP contribution in [0, 0.1) is 13.8 Å². The molecule has 0 bridgehead atoms. The number of rotatable bonds is 6. The Balaban J connectivity index is 2.44. The molecule has 0 aliphatic heterocycles. The van der Waals surface area contributed by atoms with Gasteiger partial charge in [0.05, 0.1) is 11.5 Å². The van der Waals surface area contributed by atoms with E-state index in [0.29, 0.717) is 19.0 Å². The van der Waals surface area contributed by atoms with Crippen molar-refractivity contribution in [3.8, 4) is 5.75 Å². The van der Waals surface area contributed by atoms with Crippen molar-refractivity contribution < 1.29 is 17.9 Å². The fourth-order valence-corrected chi connectivity index (χ4v) is 3.51. The summed E-state index contributed by atoms with van der Waals surface area (Å²) in [6, 6.07) is 12.0. The molecule has 0 radical (unpaired) electrons. The van der Waals surface area contributed by atoms with Gasteiger partial charge in [0.25, 0.3) is 0 Å². The Morgan fingerprint density at radius 3 is 2.18 bits per heavy atom. The van der Waals surface area contributed by atoms with Gasteiger partial charge in [0.1, 0.15) is 17.3 Å². The molecule has 22 heavy (non-hydrogen) atoms. The standard InChI is InChI=1S/C17H20O4S/c1-13-4-7-15(8-5-13)22(18,19)17-12-14(2)6-9-16(17)21-11-10-20-3/h4-9,12H,10-11H2,1-3H3. The average Bonchev–Trinajstić information content (AvgIpc) is 2.49. The molecule has 0 aliphatic carbocycles. The van der Waals surface area contributed by atoms with Crippen LogP contribution < -0.4 is 4.74 Å². The zero-order valence-corrected chi connectivity index (χ0v) is 13.8. The molecule has 0 aliphatic rings. The molecule has 2 aromatic rings. The summed E-state index contributed by atoms with van der Waals surface area (Å²) in [6.07, 6.45) is 0. The summed E-state index contributed by atoms with van der Waals surface area (Å²) in [5.74, 6) is 0.350. The van der Waals surface area contributed by atoms with Gasteiger partial charge >= 0.3 is 0 Å². The number of aryl methyl sites for hydroxylation is 2. The maximum Gasteiger partial charge on any atom is 0.210 e. The second-order valence-corrected chi connectivity index (χ2v) is 7.03. The van der Waals surface area contributed by atoms with Crippen molar-refractivity contribution in [3.63, 3.8) is 0 Å². The minimum atomic E-state index is -3.61. The van der Waals surface area contributed by atoms with Gasteiger partial charge in [-0.3, -0.25) is 0 Å². The van der Waals surface area contributed by atoms with Crippen molar-refractivity contribution >= 4 is 9.84 Å². The van der Waals surface area contributed by atoms with Gasteiger partial charge in [-0.15, -0.1) is 0 Å². The third kappa shape index (κ3) is 3.67. The summed E-state index contributed by atoms with van der Waals surface area (Å²) in [6.45, 7) is 4.48. The summed E-state index contributed by atoms with van der Waals surface area (Å²) in [7, 11) is -2.04. The van der Waals surface area contributed by atoms with Crippen molar-refractivity contribution in [3.05, 3.63) is 53.6 Å². The van der Waals surface area contributed by atoms with E-state index in [2.05, 4.69) is 0 Å². The van der Waals surface area contributed by atoms with E-state index in [0.717, 1.165) is 11.1 Å². The van der Waals surface area contributed by atoms with Gasteiger partial charge in [-0.1, -0.05) is 23.8 Å². The fourth-order valence-electron chi connectivity index (χ4n) is 2.02. The molecule has 0 saturated carbocycles. The normalized spacial score (nSPS) is 11.4. The van der Waals surface area contributed by atoms with Crippen LogP contribution in [0.3, 0.4) is 0 Å². The summed E-state index contributed by atoms with van der Waals surface area (Å²) < 4.78 is 36.2. The second kappa shape index (κ2) is 6.94. The van der Waals surface area contributed by atoms with Gasteiger partial charge in [-0.05, 0) is 43.7 Å². The Bertz CT molecular complexity index is 734. The van der Waals surface area contributed by atoms with Gasteiger partial charge in [-0.25, -0.2) is 8.42 Å². The summed E-state index contributed by atoms with van der Waals surface area (Å²) in [5.41, 5.74) is 1.88. The molecule has 2 aromatic carbocycles. The molecule has 0 aromatic heterocycles. The minimum absolute atomic E-state index is 0.187. The number of hydrogen-bond acceptors (Lipinski definition) is 4. The molecule has 0 unspecified atom stereocenters. The van der Waals surface area contributed by atoms with Crippen LogP contribution in [0.15, 0.2) is 52.3 Å². The number of sulfone groups is 1. The highest BCUT2D eigenvalue weighted by Crippen LogP contribution is 2.30. The van der Waals surface area contributed by atoms with Crippen molar-refractivity contribution in [2.45, 2.75) is 23.6 Å². The smallest absolute Gasteiger partial charge is 0.210 e. The highest BCUT2D eigenvalue weighted by Gasteiger charge is 2.22. The lowest BCUT2D eigenvalue weighted by Gasteiger charge is -2.13. The van der Waals surface area contributed by atoms with E-state index in [9.17, 15) is 8.42 Å². The van der Waals surface area contributed by atoms with E-state index in [1.165, 1.54) is 0 Å². The molecule has 0 N–H and O–H groups in total. The van der Waals surface area contributed by atoms with Gasteiger partial charge in [0, 0.05) is 7.11 Å². The summed E-state index contributed by atoms with van der Waals surface area (Å²) >= 11 is 0.